The molecule has 1 heterocycles. The molecule has 3 N–H and O–H groups in total. The summed E-state index contributed by atoms with van der Waals surface area (Å²) in [5.41, 5.74) is -0.110. The number of carbonyl (C=O) groups is 1. The lowest BCUT2D eigenvalue weighted by Crippen LogP contribution is -2.62. The number of hydrogen-bond donors (Lipinski definition) is 3. The highest BCUT2D eigenvalue weighted by Crippen LogP contribution is 2.32. The van der Waals surface area contributed by atoms with Crippen molar-refractivity contribution in [2.75, 3.05) is 6.54 Å². The standard InChI is InChI=1S/C13H18N2O5S/c1-13(17)8-5-9-15(11(13)12(16)14-18)21(19,20)10-6-3-2-4-7-10/h2-4,6-7,11,17-18H,5,8-9H2,1H3,(H,14,16). The maximum absolute atomic E-state index is 12.7. The number of benzene rings is 1. The number of carbonyl (C=O) groups excluding carboxylic acids is 1. The Kier molecular flexibility index (Phi) is 4.33. The summed E-state index contributed by atoms with van der Waals surface area (Å²) in [6.45, 7) is 1.49. The summed E-state index contributed by atoms with van der Waals surface area (Å²) in [6.07, 6.45) is 0.695. The molecule has 0 aromatic heterocycles. The molecule has 2 rings (SSSR count). The lowest BCUT2D eigenvalue weighted by atomic mass is 9.87. The van der Waals surface area contributed by atoms with Crippen LogP contribution in [-0.4, -0.2) is 47.1 Å². The first-order chi connectivity index (χ1) is 9.80. The van der Waals surface area contributed by atoms with E-state index in [4.69, 9.17) is 5.21 Å². The van der Waals surface area contributed by atoms with Crippen LogP contribution in [0.3, 0.4) is 0 Å². The van der Waals surface area contributed by atoms with Gasteiger partial charge in [0.25, 0.3) is 5.91 Å². The van der Waals surface area contributed by atoms with Crippen molar-refractivity contribution in [3.8, 4) is 0 Å². The van der Waals surface area contributed by atoms with Crippen molar-refractivity contribution in [3.05, 3.63) is 30.3 Å². The third-order valence-corrected chi connectivity index (χ3v) is 5.53. The fourth-order valence-corrected chi connectivity index (χ4v) is 4.37. The van der Waals surface area contributed by atoms with Gasteiger partial charge in [-0.1, -0.05) is 18.2 Å². The molecular formula is C13H18N2O5S. The van der Waals surface area contributed by atoms with Crippen LogP contribution >= 0.6 is 0 Å². The Morgan fingerprint density at radius 1 is 1.38 bits per heavy atom. The van der Waals surface area contributed by atoms with Gasteiger partial charge in [0.2, 0.25) is 10.0 Å². The average Bonchev–Trinajstić information content (AvgIpc) is 2.46. The zero-order chi connectivity index (χ0) is 15.7. The van der Waals surface area contributed by atoms with Crippen molar-refractivity contribution in [1.82, 2.24) is 9.79 Å². The topological polar surface area (TPSA) is 107 Å². The number of hydrogen-bond acceptors (Lipinski definition) is 5. The first-order valence-corrected chi connectivity index (χ1v) is 7.98. The molecular weight excluding hydrogens is 296 g/mol. The van der Waals surface area contributed by atoms with E-state index in [9.17, 15) is 18.3 Å². The third kappa shape index (κ3) is 2.93. The Bertz CT molecular complexity index is 615. The summed E-state index contributed by atoms with van der Waals surface area (Å²) >= 11 is 0. The smallest absolute Gasteiger partial charge is 0.264 e. The highest BCUT2D eigenvalue weighted by atomic mass is 32.2. The molecule has 116 valence electrons. The van der Waals surface area contributed by atoms with Crippen molar-refractivity contribution >= 4 is 15.9 Å². The van der Waals surface area contributed by atoms with Crippen molar-refractivity contribution in [2.24, 2.45) is 0 Å². The number of rotatable bonds is 3. The molecule has 1 aromatic carbocycles. The number of nitrogens with zero attached hydrogens (tertiary/aromatic N) is 1. The minimum absolute atomic E-state index is 0.0402. The molecule has 2 unspecified atom stereocenters. The van der Waals surface area contributed by atoms with E-state index in [1.165, 1.54) is 24.5 Å². The van der Waals surface area contributed by atoms with E-state index in [1.807, 2.05) is 0 Å². The van der Waals surface area contributed by atoms with Gasteiger partial charge < -0.3 is 5.11 Å². The summed E-state index contributed by atoms with van der Waals surface area (Å²) in [4.78, 5) is 11.9. The van der Waals surface area contributed by atoms with Crippen molar-refractivity contribution in [2.45, 2.75) is 36.3 Å². The van der Waals surface area contributed by atoms with Crippen LogP contribution in [0.25, 0.3) is 0 Å². The van der Waals surface area contributed by atoms with Gasteiger partial charge in [-0.3, -0.25) is 10.0 Å². The monoisotopic (exact) mass is 314 g/mol. The Labute approximate surface area is 123 Å². The first-order valence-electron chi connectivity index (χ1n) is 6.54. The molecule has 1 amide bonds. The summed E-state index contributed by atoms with van der Waals surface area (Å²) in [5.74, 6) is -0.945. The minimum Gasteiger partial charge on any atom is -0.388 e. The Hall–Kier alpha value is -1.48. The van der Waals surface area contributed by atoms with Crippen LogP contribution in [0, 0.1) is 0 Å². The summed E-state index contributed by atoms with van der Waals surface area (Å²) in [7, 11) is -3.94. The SMILES string of the molecule is CC1(O)CCCN(S(=O)(=O)c2ccccc2)C1C(=O)NO. The Balaban J connectivity index is 2.47. The van der Waals surface area contributed by atoms with Gasteiger partial charge in [-0.2, -0.15) is 4.31 Å². The molecule has 1 aromatic rings. The zero-order valence-corrected chi connectivity index (χ0v) is 12.4. The summed E-state index contributed by atoms with van der Waals surface area (Å²) in [6, 6.07) is 6.32. The van der Waals surface area contributed by atoms with Crippen LogP contribution < -0.4 is 5.48 Å². The van der Waals surface area contributed by atoms with Crippen molar-refractivity contribution in [3.63, 3.8) is 0 Å². The van der Waals surface area contributed by atoms with E-state index in [-0.39, 0.29) is 17.9 Å². The first kappa shape index (κ1) is 15.9. The minimum atomic E-state index is -3.94. The van der Waals surface area contributed by atoms with Crippen LogP contribution in [0.15, 0.2) is 35.2 Å². The number of aliphatic hydroxyl groups is 1. The molecule has 1 aliphatic rings. The van der Waals surface area contributed by atoms with E-state index in [0.29, 0.717) is 6.42 Å². The van der Waals surface area contributed by atoms with E-state index >= 15 is 0 Å². The number of amides is 1. The third-order valence-electron chi connectivity index (χ3n) is 3.65. The molecule has 0 radical (unpaired) electrons. The van der Waals surface area contributed by atoms with Crippen LogP contribution in [0.1, 0.15) is 19.8 Å². The fraction of sp³-hybridized carbons (Fsp3) is 0.462. The molecule has 8 heteroatoms. The lowest BCUT2D eigenvalue weighted by Gasteiger charge is -2.42. The van der Waals surface area contributed by atoms with Crippen molar-refractivity contribution in [1.29, 1.82) is 0 Å². The molecule has 7 nitrogen and oxygen atoms in total. The van der Waals surface area contributed by atoms with Crippen molar-refractivity contribution < 1.29 is 23.5 Å². The Morgan fingerprint density at radius 2 is 2.00 bits per heavy atom. The molecule has 1 fully saturated rings. The maximum atomic E-state index is 12.7. The number of sulfonamides is 1. The molecule has 0 aliphatic carbocycles. The van der Waals surface area contributed by atoms with E-state index in [2.05, 4.69) is 0 Å². The van der Waals surface area contributed by atoms with Gasteiger partial charge in [-0.05, 0) is 31.9 Å². The van der Waals surface area contributed by atoms with E-state index in [0.717, 1.165) is 4.31 Å². The number of hydroxylamine groups is 1. The highest BCUT2D eigenvalue weighted by Gasteiger charge is 2.49. The molecule has 1 aliphatic heterocycles. The van der Waals surface area contributed by atoms with E-state index < -0.39 is 27.6 Å². The van der Waals surface area contributed by atoms with Gasteiger partial charge in [-0.25, -0.2) is 13.9 Å². The lowest BCUT2D eigenvalue weighted by molar-refractivity contribution is -0.144. The maximum Gasteiger partial charge on any atom is 0.264 e. The zero-order valence-electron chi connectivity index (χ0n) is 11.6. The van der Waals surface area contributed by atoms with Gasteiger partial charge in [0, 0.05) is 6.54 Å². The predicted octanol–water partition coefficient (Wildman–Crippen LogP) is 0.0961. The van der Waals surface area contributed by atoms with Crippen LogP contribution in [0.5, 0.6) is 0 Å². The van der Waals surface area contributed by atoms with Crippen LogP contribution in [0.2, 0.25) is 0 Å². The molecule has 0 bridgehead atoms. The molecule has 1 saturated heterocycles. The molecule has 0 saturated carbocycles. The quantitative estimate of drug-likeness (QED) is 0.542. The van der Waals surface area contributed by atoms with Gasteiger partial charge in [0.15, 0.2) is 0 Å². The number of piperidine rings is 1. The highest BCUT2D eigenvalue weighted by molar-refractivity contribution is 7.89. The Morgan fingerprint density at radius 3 is 2.57 bits per heavy atom. The average molecular weight is 314 g/mol. The second kappa shape index (κ2) is 5.72. The van der Waals surface area contributed by atoms with Gasteiger partial charge >= 0.3 is 0 Å². The summed E-state index contributed by atoms with van der Waals surface area (Å²) in [5, 5.41) is 19.2. The predicted molar refractivity (Wildman–Crippen MR) is 73.9 cm³/mol. The molecule has 2 atom stereocenters. The second-order valence-corrected chi connectivity index (χ2v) is 7.16. The summed E-state index contributed by atoms with van der Waals surface area (Å²) < 4.78 is 26.3. The van der Waals surface area contributed by atoms with Crippen LogP contribution in [0.4, 0.5) is 0 Å². The van der Waals surface area contributed by atoms with Gasteiger partial charge in [-0.15, -0.1) is 0 Å². The van der Waals surface area contributed by atoms with Gasteiger partial charge in [0.1, 0.15) is 6.04 Å². The van der Waals surface area contributed by atoms with E-state index in [1.54, 1.807) is 18.2 Å². The largest absolute Gasteiger partial charge is 0.388 e. The molecule has 21 heavy (non-hydrogen) atoms. The normalized spacial score (nSPS) is 27.3. The fourth-order valence-electron chi connectivity index (χ4n) is 2.63. The molecule has 0 spiro atoms. The van der Waals surface area contributed by atoms with Crippen LogP contribution in [-0.2, 0) is 14.8 Å². The van der Waals surface area contributed by atoms with Gasteiger partial charge in [0.05, 0.1) is 10.5 Å². The number of nitrogens with one attached hydrogen (secondary N) is 1. The second-order valence-electron chi connectivity index (χ2n) is 5.27.